The number of aliphatic hydroxyl groups excluding tert-OH is 1. The number of hydrogen-bond donors (Lipinski definition) is 2. The average Bonchev–Trinajstić information content (AvgIpc) is 3.05. The molecule has 6 heteroatoms. The maximum absolute atomic E-state index is 13.6. The highest BCUT2D eigenvalue weighted by molar-refractivity contribution is 5.95. The third kappa shape index (κ3) is 3.78. The number of rotatable bonds is 4. The number of fused-ring (bicyclic) bond motifs is 1. The monoisotopic (exact) mass is 381 g/mol. The summed E-state index contributed by atoms with van der Waals surface area (Å²) in [7, 11) is 1.88. The van der Waals surface area contributed by atoms with Gasteiger partial charge in [0.15, 0.2) is 0 Å². The van der Waals surface area contributed by atoms with Gasteiger partial charge in [0.25, 0.3) is 5.91 Å². The third-order valence-electron chi connectivity index (χ3n) is 5.49. The van der Waals surface area contributed by atoms with E-state index in [1.165, 1.54) is 12.1 Å². The molecule has 1 fully saturated rings. The molecule has 0 spiro atoms. The maximum atomic E-state index is 13.6. The van der Waals surface area contributed by atoms with Crippen LogP contribution >= 0.6 is 0 Å². The van der Waals surface area contributed by atoms with Crippen molar-refractivity contribution in [1.29, 1.82) is 0 Å². The van der Waals surface area contributed by atoms with Gasteiger partial charge >= 0.3 is 0 Å². The summed E-state index contributed by atoms with van der Waals surface area (Å²) in [4.78, 5) is 17.4. The van der Waals surface area contributed by atoms with Gasteiger partial charge in [-0.3, -0.25) is 4.79 Å². The number of halogens is 1. The van der Waals surface area contributed by atoms with Crippen LogP contribution in [-0.2, 0) is 13.5 Å². The summed E-state index contributed by atoms with van der Waals surface area (Å²) in [5.74, 6) is -0.561. The topological polar surface area (TPSA) is 67.2 Å². The highest BCUT2D eigenvalue weighted by Gasteiger charge is 2.25. The Morgan fingerprint density at radius 3 is 2.89 bits per heavy atom. The van der Waals surface area contributed by atoms with Crippen molar-refractivity contribution in [1.82, 2.24) is 14.9 Å². The molecule has 2 N–H and O–H groups in total. The molecular weight excluding hydrogens is 357 g/mol. The van der Waals surface area contributed by atoms with E-state index >= 15 is 0 Å². The number of aryl methyl sites for hydroxylation is 1. The summed E-state index contributed by atoms with van der Waals surface area (Å²) in [6.07, 6.45) is 5.36. The van der Waals surface area contributed by atoms with Crippen molar-refractivity contribution in [2.24, 2.45) is 7.05 Å². The number of aromatic nitrogens is 2. The average molecular weight is 381 g/mol. The van der Waals surface area contributed by atoms with Crippen molar-refractivity contribution < 1.29 is 14.3 Å². The second-order valence-electron chi connectivity index (χ2n) is 7.57. The first-order chi connectivity index (χ1) is 13.5. The Morgan fingerprint density at radius 1 is 1.29 bits per heavy atom. The normalized spacial score (nSPS) is 19.7. The van der Waals surface area contributed by atoms with Gasteiger partial charge in [-0.15, -0.1) is 0 Å². The Labute approximate surface area is 163 Å². The Hall–Kier alpha value is -2.73. The molecule has 2 aromatic heterocycles. The van der Waals surface area contributed by atoms with Crippen molar-refractivity contribution in [2.75, 3.05) is 0 Å². The second-order valence-corrected chi connectivity index (χ2v) is 7.57. The Balaban J connectivity index is 1.67. The minimum Gasteiger partial charge on any atom is -0.391 e. The van der Waals surface area contributed by atoms with E-state index in [0.29, 0.717) is 24.2 Å². The Kier molecular flexibility index (Phi) is 5.13. The van der Waals surface area contributed by atoms with Gasteiger partial charge in [0.1, 0.15) is 17.2 Å². The van der Waals surface area contributed by atoms with Gasteiger partial charge in [0.2, 0.25) is 0 Å². The van der Waals surface area contributed by atoms with E-state index in [1.54, 1.807) is 12.1 Å². The number of amides is 1. The zero-order chi connectivity index (χ0) is 19.7. The summed E-state index contributed by atoms with van der Waals surface area (Å²) in [5, 5.41) is 14.0. The van der Waals surface area contributed by atoms with Crippen LogP contribution in [0.5, 0.6) is 0 Å². The molecule has 5 nitrogen and oxygen atoms in total. The summed E-state index contributed by atoms with van der Waals surface area (Å²) in [6, 6.07) is 9.98. The zero-order valence-electron chi connectivity index (χ0n) is 15.9. The lowest BCUT2D eigenvalue weighted by Gasteiger charge is -2.28. The lowest BCUT2D eigenvalue weighted by Crippen LogP contribution is -2.45. The fourth-order valence-electron chi connectivity index (χ4n) is 3.95. The van der Waals surface area contributed by atoms with Crippen LogP contribution < -0.4 is 5.32 Å². The van der Waals surface area contributed by atoms with Crippen LogP contribution in [0.25, 0.3) is 11.0 Å². The van der Waals surface area contributed by atoms with Crippen LogP contribution in [0, 0.1) is 5.82 Å². The van der Waals surface area contributed by atoms with Crippen LogP contribution in [0.3, 0.4) is 0 Å². The molecule has 1 aliphatic rings. The molecule has 0 aliphatic heterocycles. The van der Waals surface area contributed by atoms with E-state index in [1.807, 2.05) is 29.9 Å². The lowest BCUT2D eigenvalue weighted by atomic mass is 9.92. The smallest absolute Gasteiger partial charge is 0.270 e. The molecular formula is C22H24FN3O2. The molecule has 0 bridgehead atoms. The number of nitrogens with zero attached hydrogens (tertiary/aromatic N) is 2. The van der Waals surface area contributed by atoms with Crippen LogP contribution in [0.15, 0.2) is 42.6 Å². The summed E-state index contributed by atoms with van der Waals surface area (Å²) in [6.45, 7) is 0. The molecule has 1 amide bonds. The fourth-order valence-corrected chi connectivity index (χ4v) is 3.95. The largest absolute Gasteiger partial charge is 0.391 e. The Bertz CT molecular complexity index is 1010. The molecule has 0 saturated heterocycles. The minimum atomic E-state index is -0.511. The quantitative estimate of drug-likeness (QED) is 0.728. The van der Waals surface area contributed by atoms with Crippen LogP contribution in [0.4, 0.5) is 4.39 Å². The first-order valence-electron chi connectivity index (χ1n) is 9.69. The molecule has 2 heterocycles. The molecule has 0 unspecified atom stereocenters. The minimum absolute atomic E-state index is 0.237. The molecule has 4 rings (SSSR count). The van der Waals surface area contributed by atoms with Gasteiger partial charge in [-0.25, -0.2) is 9.37 Å². The molecule has 2 atom stereocenters. The number of hydrogen-bond acceptors (Lipinski definition) is 3. The standard InChI is InChI=1S/C22H24FN3O2/c1-26-10-9-17-15(11-14-5-4-6-16(23)12-14)13-19(24-21(17)26)22(28)25-18-7-2-3-8-20(18)27/h4-6,9-10,12-13,18,20,27H,2-3,7-8,11H2,1H3,(H,25,28)/t18-,20-/m0/s1. The highest BCUT2D eigenvalue weighted by Crippen LogP contribution is 2.23. The SMILES string of the molecule is Cn1ccc2c(Cc3cccc(F)c3)cc(C(=O)N[C@H]3CCCC[C@@H]3O)nc21. The predicted octanol–water partition coefficient (Wildman–Crippen LogP) is 3.34. The van der Waals surface area contributed by atoms with Crippen LogP contribution in [0.2, 0.25) is 0 Å². The van der Waals surface area contributed by atoms with Gasteiger partial charge < -0.3 is 15.0 Å². The molecule has 0 radical (unpaired) electrons. The fraction of sp³-hybridized carbons (Fsp3) is 0.364. The highest BCUT2D eigenvalue weighted by atomic mass is 19.1. The van der Waals surface area contributed by atoms with Gasteiger partial charge in [-0.2, -0.15) is 0 Å². The van der Waals surface area contributed by atoms with Crippen LogP contribution in [0.1, 0.15) is 47.3 Å². The van der Waals surface area contributed by atoms with Crippen molar-refractivity contribution >= 4 is 16.9 Å². The number of pyridine rings is 1. The van der Waals surface area contributed by atoms with Crippen molar-refractivity contribution in [2.45, 2.75) is 44.2 Å². The van der Waals surface area contributed by atoms with Gasteiger partial charge in [-0.1, -0.05) is 25.0 Å². The van der Waals surface area contributed by atoms with E-state index in [2.05, 4.69) is 10.3 Å². The van der Waals surface area contributed by atoms with E-state index in [-0.39, 0.29) is 17.8 Å². The third-order valence-corrected chi connectivity index (χ3v) is 5.49. The number of nitrogens with one attached hydrogen (secondary N) is 1. The summed E-state index contributed by atoms with van der Waals surface area (Å²) >= 11 is 0. The summed E-state index contributed by atoms with van der Waals surface area (Å²) in [5.41, 5.74) is 2.79. The van der Waals surface area contributed by atoms with Crippen molar-refractivity contribution in [3.63, 3.8) is 0 Å². The van der Waals surface area contributed by atoms with E-state index in [0.717, 1.165) is 35.8 Å². The van der Waals surface area contributed by atoms with Crippen LogP contribution in [-0.4, -0.2) is 32.7 Å². The van der Waals surface area contributed by atoms with E-state index in [4.69, 9.17) is 0 Å². The number of benzene rings is 1. The summed E-state index contributed by atoms with van der Waals surface area (Å²) < 4.78 is 15.5. The van der Waals surface area contributed by atoms with E-state index < -0.39 is 6.10 Å². The van der Waals surface area contributed by atoms with Crippen molar-refractivity contribution in [3.8, 4) is 0 Å². The zero-order valence-corrected chi connectivity index (χ0v) is 15.9. The lowest BCUT2D eigenvalue weighted by molar-refractivity contribution is 0.0714. The van der Waals surface area contributed by atoms with Gasteiger partial charge in [-0.05, 0) is 54.7 Å². The molecule has 1 saturated carbocycles. The Morgan fingerprint density at radius 2 is 2.11 bits per heavy atom. The van der Waals surface area contributed by atoms with Gasteiger partial charge in [0.05, 0.1) is 12.1 Å². The van der Waals surface area contributed by atoms with Crippen molar-refractivity contribution in [3.05, 3.63) is 65.2 Å². The molecule has 1 aromatic carbocycles. The first-order valence-corrected chi connectivity index (χ1v) is 9.69. The molecule has 3 aromatic rings. The predicted molar refractivity (Wildman–Crippen MR) is 106 cm³/mol. The molecule has 146 valence electrons. The van der Waals surface area contributed by atoms with E-state index in [9.17, 15) is 14.3 Å². The first kappa shape index (κ1) is 18.6. The maximum Gasteiger partial charge on any atom is 0.270 e. The number of carbonyl (C=O) groups excluding carboxylic acids is 1. The molecule has 1 aliphatic carbocycles. The second kappa shape index (κ2) is 7.72. The number of carbonyl (C=O) groups is 1. The van der Waals surface area contributed by atoms with Gasteiger partial charge in [0, 0.05) is 18.6 Å². The molecule has 28 heavy (non-hydrogen) atoms. The number of aliphatic hydroxyl groups is 1.